The summed E-state index contributed by atoms with van der Waals surface area (Å²) in [5.41, 5.74) is 6.74. The monoisotopic (exact) mass is 497 g/mol. The van der Waals surface area contributed by atoms with Gasteiger partial charge in [-0.05, 0) is 71.4 Å². The highest BCUT2D eigenvalue weighted by Crippen LogP contribution is 2.67. The van der Waals surface area contributed by atoms with Crippen molar-refractivity contribution in [3.05, 3.63) is 52.8 Å². The summed E-state index contributed by atoms with van der Waals surface area (Å²) in [5, 5.41) is 11.2. The van der Waals surface area contributed by atoms with Crippen LogP contribution in [-0.4, -0.2) is 41.4 Å². The van der Waals surface area contributed by atoms with Crippen molar-refractivity contribution < 1.29 is 18.6 Å². The molecular weight excluding hydrogens is 466 g/mol. The molecule has 0 spiro atoms. The van der Waals surface area contributed by atoms with Gasteiger partial charge in [-0.3, -0.25) is 18.9 Å². The van der Waals surface area contributed by atoms with Gasteiger partial charge < -0.3 is 15.8 Å². The van der Waals surface area contributed by atoms with Crippen LogP contribution < -0.4 is 15.8 Å². The number of anilines is 1. The van der Waals surface area contributed by atoms with E-state index in [-0.39, 0.29) is 11.5 Å². The van der Waals surface area contributed by atoms with E-state index >= 15 is 0 Å². The van der Waals surface area contributed by atoms with E-state index in [1.165, 1.54) is 6.20 Å². The summed E-state index contributed by atoms with van der Waals surface area (Å²) in [6.07, 6.45) is 1.70. The van der Waals surface area contributed by atoms with Crippen LogP contribution in [0.1, 0.15) is 68.2 Å². The van der Waals surface area contributed by atoms with E-state index in [2.05, 4.69) is 10.3 Å². The number of hydrogen-bond acceptors (Lipinski definition) is 8. The molecule has 2 atom stereocenters. The molecule has 2 aromatic rings. The number of nitriles is 1. The summed E-state index contributed by atoms with van der Waals surface area (Å²) >= 11 is 0. The van der Waals surface area contributed by atoms with Gasteiger partial charge in [0.25, 0.3) is 5.91 Å². The summed E-state index contributed by atoms with van der Waals surface area (Å²) < 4.78 is 28.2. The van der Waals surface area contributed by atoms with Gasteiger partial charge in [-0.2, -0.15) is 15.9 Å². The second-order valence-electron chi connectivity index (χ2n) is 10.5. The van der Waals surface area contributed by atoms with E-state index in [1.54, 1.807) is 45.0 Å². The van der Waals surface area contributed by atoms with Gasteiger partial charge >= 0.3 is 0 Å². The molecule has 0 bridgehead atoms. The maximum Gasteiger partial charge on any atom is 0.274 e. The third kappa shape index (κ3) is 3.93. The van der Waals surface area contributed by atoms with Crippen molar-refractivity contribution in [3.63, 3.8) is 0 Å². The average molecular weight is 498 g/mol. The first-order valence-electron chi connectivity index (χ1n) is 11.3. The van der Waals surface area contributed by atoms with E-state index in [1.807, 2.05) is 26.8 Å². The molecule has 0 unspecified atom stereocenters. The van der Waals surface area contributed by atoms with Crippen molar-refractivity contribution in [3.8, 4) is 11.8 Å². The zero-order valence-electron chi connectivity index (χ0n) is 20.7. The Balaban J connectivity index is 1.81. The molecule has 1 aromatic heterocycles. The number of hydrogen-bond donors (Lipinski definition) is 4. The normalized spacial score (nSPS) is 26.5. The molecule has 0 fully saturated rings. The number of aromatic nitrogens is 1. The maximum absolute atomic E-state index is 13.0. The molecule has 0 saturated carbocycles. The first-order chi connectivity index (χ1) is 16.1. The van der Waals surface area contributed by atoms with E-state index in [4.69, 9.17) is 20.7 Å². The highest BCUT2D eigenvalue weighted by molar-refractivity contribution is 8.26. The fourth-order valence-electron chi connectivity index (χ4n) is 4.78. The van der Waals surface area contributed by atoms with Gasteiger partial charge in [-0.25, -0.2) is 4.98 Å². The van der Waals surface area contributed by atoms with Crippen LogP contribution in [0, 0.1) is 18.3 Å². The summed E-state index contributed by atoms with van der Waals surface area (Å²) in [7, 11) is -3.26. The van der Waals surface area contributed by atoms with Gasteiger partial charge in [0.15, 0.2) is 0 Å². The summed E-state index contributed by atoms with van der Waals surface area (Å²) in [6.45, 7) is 10.8. The van der Waals surface area contributed by atoms with Crippen molar-refractivity contribution >= 4 is 28.0 Å². The molecule has 0 aliphatic carbocycles. The minimum absolute atomic E-state index is 0.161. The SMILES string of the molecule is Cc1cc(C#N)cnc1C(=O)Nc1ccc2c(c1)[C@@]1(C)N=C(N)C(C)(C)S(O)(O)[C@@H]1CC(C)(C)O2. The minimum Gasteiger partial charge on any atom is -0.487 e. The Labute approximate surface area is 206 Å². The van der Waals surface area contributed by atoms with E-state index in [0.717, 1.165) is 0 Å². The number of amidine groups is 1. The Kier molecular flexibility index (Phi) is 5.67. The molecule has 35 heavy (non-hydrogen) atoms. The predicted molar refractivity (Wildman–Crippen MR) is 137 cm³/mol. The molecule has 3 heterocycles. The summed E-state index contributed by atoms with van der Waals surface area (Å²) in [4.78, 5) is 21.9. The number of aliphatic imine (C=N–C) groups is 1. The van der Waals surface area contributed by atoms with Crippen molar-refractivity contribution in [2.45, 2.75) is 69.1 Å². The van der Waals surface area contributed by atoms with Gasteiger partial charge in [-0.15, -0.1) is 0 Å². The molecule has 5 N–H and O–H groups in total. The third-order valence-electron chi connectivity index (χ3n) is 7.01. The first kappa shape index (κ1) is 25.0. The van der Waals surface area contributed by atoms with Crippen LogP contribution >= 0.6 is 10.6 Å². The Morgan fingerprint density at radius 3 is 2.57 bits per heavy atom. The third-order valence-corrected chi connectivity index (χ3v) is 10.1. The number of pyridine rings is 1. The standard InChI is InChI=1S/C25H31N5O4S/c1-14-9-15(12-26)13-28-20(14)21(31)29-16-7-8-18-17(10-16)25(6)19(11-23(2,3)34-18)35(32,33)24(4,5)22(27)30-25/h7-10,13,19,32-33H,11H2,1-6H3,(H2,27,30)(H,29,31)/t19-,25-/m1/s1. The summed E-state index contributed by atoms with van der Waals surface area (Å²) in [6, 6.07) is 8.81. The molecule has 0 radical (unpaired) electrons. The number of carbonyl (C=O) groups excluding carboxylic acids is 1. The predicted octanol–water partition coefficient (Wildman–Crippen LogP) is 4.56. The lowest BCUT2D eigenvalue weighted by Gasteiger charge is -2.59. The van der Waals surface area contributed by atoms with Gasteiger partial charge in [0, 0.05) is 23.9 Å². The Morgan fingerprint density at radius 1 is 1.26 bits per heavy atom. The molecule has 4 rings (SSSR count). The highest BCUT2D eigenvalue weighted by atomic mass is 32.3. The van der Waals surface area contributed by atoms with Gasteiger partial charge in [0.05, 0.1) is 10.8 Å². The van der Waals surface area contributed by atoms with Crippen LogP contribution in [0.5, 0.6) is 5.75 Å². The number of fused-ring (bicyclic) bond motifs is 3. The zero-order valence-corrected chi connectivity index (χ0v) is 21.5. The van der Waals surface area contributed by atoms with Crippen molar-refractivity contribution in [1.29, 1.82) is 5.26 Å². The van der Waals surface area contributed by atoms with Crippen molar-refractivity contribution in [2.24, 2.45) is 10.7 Å². The Morgan fingerprint density at radius 2 is 1.94 bits per heavy atom. The fourth-order valence-corrected chi connectivity index (χ4v) is 7.30. The Bertz CT molecular complexity index is 1300. The summed E-state index contributed by atoms with van der Waals surface area (Å²) in [5.74, 6) is 0.270. The van der Waals surface area contributed by atoms with Crippen LogP contribution in [0.3, 0.4) is 0 Å². The van der Waals surface area contributed by atoms with Gasteiger partial charge in [0.2, 0.25) is 0 Å². The number of nitrogens with zero attached hydrogens (tertiary/aromatic N) is 3. The van der Waals surface area contributed by atoms with E-state index in [9.17, 15) is 13.9 Å². The van der Waals surface area contributed by atoms with E-state index in [0.29, 0.717) is 34.5 Å². The molecule has 1 aromatic carbocycles. The topological polar surface area (TPSA) is 154 Å². The molecule has 1 amide bonds. The van der Waals surface area contributed by atoms with Gasteiger partial charge in [0.1, 0.15) is 39.2 Å². The van der Waals surface area contributed by atoms with Crippen molar-refractivity contribution in [1.82, 2.24) is 4.98 Å². The Hall–Kier alpha value is -3.13. The minimum atomic E-state index is -3.26. The largest absolute Gasteiger partial charge is 0.487 e. The average Bonchev–Trinajstić information content (AvgIpc) is 2.85. The molecule has 2 aliphatic rings. The molecule has 10 heteroatoms. The number of carbonyl (C=O) groups is 1. The number of amides is 1. The van der Waals surface area contributed by atoms with Crippen LogP contribution in [0.2, 0.25) is 0 Å². The quantitative estimate of drug-likeness (QED) is 0.474. The number of ether oxygens (including phenoxy) is 1. The van der Waals surface area contributed by atoms with E-state index < -0.39 is 37.6 Å². The van der Waals surface area contributed by atoms with Crippen LogP contribution in [-0.2, 0) is 5.54 Å². The zero-order chi connectivity index (χ0) is 26.0. The second kappa shape index (κ2) is 7.95. The van der Waals surface area contributed by atoms with Crippen molar-refractivity contribution in [2.75, 3.05) is 5.32 Å². The maximum atomic E-state index is 13.0. The smallest absolute Gasteiger partial charge is 0.274 e. The molecule has 0 saturated heterocycles. The molecule has 186 valence electrons. The second-order valence-corrected chi connectivity index (χ2v) is 13.2. The number of rotatable bonds is 2. The highest BCUT2D eigenvalue weighted by Gasteiger charge is 2.59. The van der Waals surface area contributed by atoms with Gasteiger partial charge in [-0.1, -0.05) is 0 Å². The van der Waals surface area contributed by atoms with Crippen LogP contribution in [0.15, 0.2) is 35.5 Å². The molecular formula is C25H31N5O4S. The number of nitrogens with one attached hydrogen (secondary N) is 1. The number of aryl methyl sites for hydroxylation is 1. The fraction of sp³-hybridized carbons (Fsp3) is 0.440. The lowest BCUT2D eigenvalue weighted by Crippen LogP contribution is -2.57. The van der Waals surface area contributed by atoms with Crippen LogP contribution in [0.25, 0.3) is 0 Å². The molecule has 9 nitrogen and oxygen atoms in total. The first-order valence-corrected chi connectivity index (χ1v) is 12.9. The lowest BCUT2D eigenvalue weighted by atomic mass is 9.84. The number of nitrogens with two attached hydrogens (primary N) is 1. The van der Waals surface area contributed by atoms with Crippen LogP contribution in [0.4, 0.5) is 5.69 Å². The lowest BCUT2D eigenvalue weighted by molar-refractivity contribution is 0.0999. The molecule has 2 aliphatic heterocycles. The number of benzene rings is 1.